The van der Waals surface area contributed by atoms with Crippen LogP contribution in [0.3, 0.4) is 0 Å². The molecular weight excluding hydrogens is 434 g/mol. The van der Waals surface area contributed by atoms with E-state index < -0.39 is 0 Å². The zero-order valence-electron chi connectivity index (χ0n) is 20.0. The number of hydrogen-bond donors (Lipinski definition) is 1. The van der Waals surface area contributed by atoms with Gasteiger partial charge in [0.25, 0.3) is 0 Å². The summed E-state index contributed by atoms with van der Waals surface area (Å²) in [6, 6.07) is 17.0. The Morgan fingerprint density at radius 1 is 1.15 bits per heavy atom. The zero-order valence-corrected chi connectivity index (χ0v) is 20.9. The summed E-state index contributed by atoms with van der Waals surface area (Å²) in [5.41, 5.74) is 2.51. The van der Waals surface area contributed by atoms with E-state index in [1.165, 1.54) is 17.5 Å². The van der Waals surface area contributed by atoms with E-state index in [1.807, 2.05) is 47.0 Å². The molecule has 1 N–H and O–H groups in total. The first kappa shape index (κ1) is 23.8. The van der Waals surface area contributed by atoms with Crippen LogP contribution in [0, 0.1) is 0 Å². The standard InChI is InChI=1S/C26H35N3O3S/c1-28-15-14-26(20-10-11-22(31-2)23(16-20)32-3)13-12-21(17-24(26)28)29(33-4)25(30)27-18-19-8-6-5-7-9-19/h5-11,16,21,24H,12-15,17-18H2,1-4H3,(H,27,30). The maximum absolute atomic E-state index is 13.1. The minimum Gasteiger partial charge on any atom is -0.493 e. The molecule has 1 aliphatic heterocycles. The van der Waals surface area contributed by atoms with Crippen molar-refractivity contribution in [3.63, 3.8) is 0 Å². The fraction of sp³-hybridized carbons (Fsp3) is 0.500. The van der Waals surface area contributed by atoms with Crippen LogP contribution in [0.1, 0.15) is 36.8 Å². The van der Waals surface area contributed by atoms with Crippen LogP contribution in [0.15, 0.2) is 48.5 Å². The highest BCUT2D eigenvalue weighted by molar-refractivity contribution is 7.96. The van der Waals surface area contributed by atoms with Crippen molar-refractivity contribution in [2.45, 2.75) is 49.7 Å². The lowest BCUT2D eigenvalue weighted by Gasteiger charge is -2.47. The fourth-order valence-corrected chi connectivity index (χ4v) is 6.43. The smallest absolute Gasteiger partial charge is 0.327 e. The Morgan fingerprint density at radius 3 is 2.61 bits per heavy atom. The van der Waals surface area contributed by atoms with Gasteiger partial charge in [-0.3, -0.25) is 4.31 Å². The Kier molecular flexibility index (Phi) is 7.39. The van der Waals surface area contributed by atoms with Crippen LogP contribution in [0.4, 0.5) is 4.79 Å². The molecule has 178 valence electrons. The number of carbonyl (C=O) groups is 1. The van der Waals surface area contributed by atoms with Gasteiger partial charge in [0.1, 0.15) is 0 Å². The van der Waals surface area contributed by atoms with E-state index in [-0.39, 0.29) is 17.5 Å². The van der Waals surface area contributed by atoms with E-state index in [2.05, 4.69) is 29.4 Å². The van der Waals surface area contributed by atoms with Gasteiger partial charge in [0.05, 0.1) is 14.2 Å². The van der Waals surface area contributed by atoms with Gasteiger partial charge in [-0.2, -0.15) is 0 Å². The van der Waals surface area contributed by atoms with Gasteiger partial charge < -0.3 is 19.7 Å². The predicted octanol–water partition coefficient (Wildman–Crippen LogP) is 4.69. The number of methoxy groups -OCH3 is 2. The van der Waals surface area contributed by atoms with Crippen LogP contribution in [0.5, 0.6) is 11.5 Å². The van der Waals surface area contributed by atoms with Gasteiger partial charge in [-0.15, -0.1) is 0 Å². The van der Waals surface area contributed by atoms with Gasteiger partial charge in [-0.1, -0.05) is 36.4 Å². The van der Waals surface area contributed by atoms with Crippen LogP contribution in [-0.2, 0) is 12.0 Å². The molecule has 1 aliphatic carbocycles. The molecule has 0 bridgehead atoms. The first-order chi connectivity index (χ1) is 16.0. The summed E-state index contributed by atoms with van der Waals surface area (Å²) in [5.74, 6) is 1.55. The van der Waals surface area contributed by atoms with E-state index >= 15 is 0 Å². The van der Waals surface area contributed by atoms with Crippen molar-refractivity contribution in [3.8, 4) is 11.5 Å². The molecule has 0 aromatic heterocycles. The molecule has 6 nitrogen and oxygen atoms in total. The minimum absolute atomic E-state index is 0.00406. The molecule has 3 atom stereocenters. The normalized spacial score (nSPS) is 24.7. The lowest BCUT2D eigenvalue weighted by molar-refractivity contribution is 0.130. The average Bonchev–Trinajstić information content (AvgIpc) is 3.20. The van der Waals surface area contributed by atoms with E-state index in [9.17, 15) is 4.79 Å². The van der Waals surface area contributed by atoms with Crippen molar-refractivity contribution in [2.24, 2.45) is 0 Å². The second kappa shape index (κ2) is 10.3. The quantitative estimate of drug-likeness (QED) is 0.597. The lowest BCUT2D eigenvalue weighted by atomic mass is 9.65. The third-order valence-corrected chi connectivity index (χ3v) is 8.33. The molecule has 2 fully saturated rings. The number of fused-ring (bicyclic) bond motifs is 1. The number of benzene rings is 2. The molecule has 0 spiro atoms. The van der Waals surface area contributed by atoms with Crippen molar-refractivity contribution in [1.82, 2.24) is 14.5 Å². The number of likely N-dealkylation sites (N-methyl/N-ethyl adjacent to an activating group) is 1. The summed E-state index contributed by atoms with van der Waals surface area (Å²) < 4.78 is 13.0. The number of nitrogens with one attached hydrogen (secondary N) is 1. The molecule has 1 saturated heterocycles. The van der Waals surface area contributed by atoms with Crippen molar-refractivity contribution in [2.75, 3.05) is 34.1 Å². The summed E-state index contributed by atoms with van der Waals surface area (Å²) >= 11 is 1.53. The fourth-order valence-electron chi connectivity index (χ4n) is 5.71. The molecule has 3 unspecified atom stereocenters. The number of amides is 2. The summed E-state index contributed by atoms with van der Waals surface area (Å²) in [5, 5.41) is 3.11. The zero-order chi connectivity index (χ0) is 23.4. The average molecular weight is 470 g/mol. The van der Waals surface area contributed by atoms with Crippen LogP contribution in [-0.4, -0.2) is 61.4 Å². The Labute approximate surface area is 201 Å². The molecule has 4 rings (SSSR count). The third kappa shape index (κ3) is 4.66. The lowest BCUT2D eigenvalue weighted by Crippen LogP contribution is -2.52. The summed E-state index contributed by atoms with van der Waals surface area (Å²) in [7, 11) is 5.58. The van der Waals surface area contributed by atoms with E-state index in [0.29, 0.717) is 12.6 Å². The molecule has 1 saturated carbocycles. The third-order valence-electron chi connectivity index (χ3n) is 7.47. The van der Waals surface area contributed by atoms with E-state index in [1.54, 1.807) is 14.2 Å². The topological polar surface area (TPSA) is 54.0 Å². The Bertz CT molecular complexity index is 957. The van der Waals surface area contributed by atoms with Crippen molar-refractivity contribution in [3.05, 3.63) is 59.7 Å². The number of carbonyl (C=O) groups excluding carboxylic acids is 1. The molecule has 1 heterocycles. The predicted molar refractivity (Wildman–Crippen MR) is 134 cm³/mol. The van der Waals surface area contributed by atoms with Crippen LogP contribution < -0.4 is 14.8 Å². The number of urea groups is 1. The van der Waals surface area contributed by atoms with Crippen LogP contribution >= 0.6 is 11.9 Å². The Balaban J connectivity index is 1.50. The highest BCUT2D eigenvalue weighted by atomic mass is 32.2. The van der Waals surface area contributed by atoms with E-state index in [4.69, 9.17) is 9.47 Å². The number of ether oxygens (including phenoxy) is 2. The van der Waals surface area contributed by atoms with Gasteiger partial charge in [-0.05, 0) is 74.5 Å². The van der Waals surface area contributed by atoms with Crippen LogP contribution in [0.2, 0.25) is 0 Å². The number of likely N-dealkylation sites (tertiary alicyclic amines) is 1. The maximum Gasteiger partial charge on any atom is 0.327 e. The van der Waals surface area contributed by atoms with Crippen molar-refractivity contribution < 1.29 is 14.3 Å². The molecule has 0 radical (unpaired) electrons. The number of hydrogen-bond acceptors (Lipinski definition) is 5. The molecule has 2 aliphatic rings. The summed E-state index contributed by atoms with van der Waals surface area (Å²) in [4.78, 5) is 15.5. The highest BCUT2D eigenvalue weighted by Gasteiger charge is 2.51. The Morgan fingerprint density at radius 2 is 1.91 bits per heavy atom. The van der Waals surface area contributed by atoms with Gasteiger partial charge in [0.15, 0.2) is 11.5 Å². The van der Waals surface area contributed by atoms with Crippen molar-refractivity contribution in [1.29, 1.82) is 0 Å². The monoisotopic (exact) mass is 469 g/mol. The Hall–Kier alpha value is -2.38. The summed E-state index contributed by atoms with van der Waals surface area (Å²) in [6.45, 7) is 1.60. The van der Waals surface area contributed by atoms with Gasteiger partial charge in [0, 0.05) is 30.3 Å². The second-order valence-corrected chi connectivity index (χ2v) is 9.81. The summed E-state index contributed by atoms with van der Waals surface area (Å²) in [6.07, 6.45) is 6.11. The minimum atomic E-state index is -0.00406. The van der Waals surface area contributed by atoms with Crippen molar-refractivity contribution >= 4 is 18.0 Å². The molecule has 2 aromatic carbocycles. The molecule has 33 heavy (non-hydrogen) atoms. The molecule has 7 heteroatoms. The van der Waals surface area contributed by atoms with E-state index in [0.717, 1.165) is 49.3 Å². The largest absolute Gasteiger partial charge is 0.493 e. The molecular formula is C26H35N3O3S. The first-order valence-electron chi connectivity index (χ1n) is 11.6. The maximum atomic E-state index is 13.1. The SMILES string of the molecule is COc1ccc(C23CCC(N(SC)C(=O)NCc4ccccc4)CC2N(C)CC3)cc1OC. The highest BCUT2D eigenvalue weighted by Crippen LogP contribution is 2.51. The van der Waals surface area contributed by atoms with Gasteiger partial charge in [-0.25, -0.2) is 4.79 Å². The van der Waals surface area contributed by atoms with Crippen LogP contribution in [0.25, 0.3) is 0 Å². The van der Waals surface area contributed by atoms with Gasteiger partial charge >= 0.3 is 6.03 Å². The number of nitrogens with zero attached hydrogens (tertiary/aromatic N) is 2. The molecule has 2 aromatic rings. The number of rotatable bonds is 7. The van der Waals surface area contributed by atoms with Gasteiger partial charge in [0.2, 0.25) is 0 Å². The molecule has 2 amide bonds. The first-order valence-corrected chi connectivity index (χ1v) is 12.8. The second-order valence-electron chi connectivity index (χ2n) is 9.05.